The third-order valence-electron chi connectivity index (χ3n) is 7.36. The molecule has 6 rings (SSSR count). The maximum atomic E-state index is 12.6. The first-order valence-corrected chi connectivity index (χ1v) is 12.9. The van der Waals surface area contributed by atoms with Gasteiger partial charge >= 0.3 is 0 Å². The minimum Gasteiger partial charge on any atom is -0.477 e. The van der Waals surface area contributed by atoms with E-state index >= 15 is 0 Å². The summed E-state index contributed by atoms with van der Waals surface area (Å²) >= 11 is 0. The number of sulfonamides is 1. The Morgan fingerprint density at radius 3 is 2.62 bits per heavy atom. The number of fused-ring (bicyclic) bond motifs is 4. The van der Waals surface area contributed by atoms with E-state index < -0.39 is 10.0 Å². The second-order valence-electron chi connectivity index (χ2n) is 9.34. The molecule has 0 spiro atoms. The van der Waals surface area contributed by atoms with Crippen LogP contribution in [0.2, 0.25) is 0 Å². The molecule has 2 bridgehead atoms. The average molecular weight is 421 g/mol. The molecule has 7 heteroatoms. The molecule has 0 aromatic carbocycles. The summed E-state index contributed by atoms with van der Waals surface area (Å²) < 4.78 is 40.9. The molecule has 3 aliphatic carbocycles. The number of nitrogens with zero attached hydrogens (tertiary/aromatic N) is 1. The normalized spacial score (nSPS) is 35.5. The zero-order chi connectivity index (χ0) is 19.8. The molecule has 3 heterocycles. The Morgan fingerprint density at radius 1 is 1.00 bits per heavy atom. The summed E-state index contributed by atoms with van der Waals surface area (Å²) in [7, 11) is -3.21. The Morgan fingerprint density at radius 2 is 1.83 bits per heavy atom. The summed E-state index contributed by atoms with van der Waals surface area (Å²) in [6.07, 6.45) is 10.9. The number of pyridine rings is 1. The van der Waals surface area contributed by atoms with E-state index in [0.717, 1.165) is 63.7 Å². The highest BCUT2D eigenvalue weighted by atomic mass is 32.2. The van der Waals surface area contributed by atoms with E-state index in [9.17, 15) is 8.42 Å². The Labute approximate surface area is 173 Å². The summed E-state index contributed by atoms with van der Waals surface area (Å²) in [6, 6.07) is 4.11. The number of hydrogen-bond acceptors (Lipinski definition) is 5. The quantitative estimate of drug-likeness (QED) is 0.811. The van der Waals surface area contributed by atoms with Crippen molar-refractivity contribution in [2.24, 2.45) is 11.8 Å². The fourth-order valence-corrected chi connectivity index (χ4v) is 7.12. The molecule has 29 heavy (non-hydrogen) atoms. The van der Waals surface area contributed by atoms with E-state index in [0.29, 0.717) is 19.1 Å². The van der Waals surface area contributed by atoms with Crippen LogP contribution in [0.15, 0.2) is 18.3 Å². The zero-order valence-corrected chi connectivity index (χ0v) is 17.8. The molecule has 6 nitrogen and oxygen atoms in total. The van der Waals surface area contributed by atoms with E-state index in [2.05, 4.69) is 15.8 Å². The van der Waals surface area contributed by atoms with Crippen LogP contribution in [0.4, 0.5) is 0 Å². The van der Waals surface area contributed by atoms with Crippen LogP contribution >= 0.6 is 0 Å². The van der Waals surface area contributed by atoms with Gasteiger partial charge in [-0.1, -0.05) is 12.5 Å². The lowest BCUT2D eigenvalue weighted by Gasteiger charge is -2.40. The smallest absolute Gasteiger partial charge is 0.216 e. The molecule has 2 aliphatic heterocycles. The molecule has 160 valence electrons. The Kier molecular flexibility index (Phi) is 5.56. The van der Waals surface area contributed by atoms with Gasteiger partial charge in [0.1, 0.15) is 0 Å². The van der Waals surface area contributed by atoms with Gasteiger partial charge in [-0.25, -0.2) is 18.1 Å². The first-order valence-electron chi connectivity index (χ1n) is 11.3. The van der Waals surface area contributed by atoms with E-state index in [-0.39, 0.29) is 29.2 Å². The van der Waals surface area contributed by atoms with Gasteiger partial charge in [-0.15, -0.1) is 0 Å². The van der Waals surface area contributed by atoms with E-state index in [1.54, 1.807) is 0 Å². The lowest BCUT2D eigenvalue weighted by atomic mass is 9.76. The predicted molar refractivity (Wildman–Crippen MR) is 110 cm³/mol. The second-order valence-corrected chi connectivity index (χ2v) is 11.3. The van der Waals surface area contributed by atoms with Crippen LogP contribution in [0.3, 0.4) is 0 Å². The Hall–Kier alpha value is -1.18. The molecule has 0 amide bonds. The van der Waals surface area contributed by atoms with E-state index in [4.69, 9.17) is 9.47 Å². The molecule has 1 aromatic rings. The molecule has 3 atom stereocenters. The molecule has 1 unspecified atom stereocenters. The molecular weight excluding hydrogens is 388 g/mol. The van der Waals surface area contributed by atoms with Gasteiger partial charge in [0, 0.05) is 23.7 Å². The van der Waals surface area contributed by atoms with Crippen LogP contribution < -0.4 is 9.46 Å². The molecule has 0 saturated heterocycles. The van der Waals surface area contributed by atoms with Gasteiger partial charge in [0.05, 0.1) is 24.6 Å². The molecule has 1 aromatic heterocycles. The van der Waals surface area contributed by atoms with Crippen LogP contribution in [-0.2, 0) is 14.8 Å². The third-order valence-corrected chi connectivity index (χ3v) is 9.34. The molecule has 0 radical (unpaired) electrons. The van der Waals surface area contributed by atoms with Gasteiger partial charge in [0.25, 0.3) is 0 Å². The topological polar surface area (TPSA) is 77.5 Å². The highest BCUT2D eigenvalue weighted by molar-refractivity contribution is 7.90. The molecular formula is C22H32N2O4S. The monoisotopic (exact) mass is 420 g/mol. The average Bonchev–Trinajstić information content (AvgIpc) is 3.57. The van der Waals surface area contributed by atoms with Gasteiger partial charge < -0.3 is 9.47 Å². The summed E-state index contributed by atoms with van der Waals surface area (Å²) in [4.78, 5) is 4.55. The minimum atomic E-state index is -3.21. The number of nitrogens with one attached hydrogen (secondary N) is 1. The van der Waals surface area contributed by atoms with Gasteiger partial charge in [-0.2, -0.15) is 0 Å². The number of aromatic nitrogens is 1. The van der Waals surface area contributed by atoms with Crippen molar-refractivity contribution < 1.29 is 17.9 Å². The maximum Gasteiger partial charge on any atom is 0.216 e. The Balaban J connectivity index is 1.39. The van der Waals surface area contributed by atoms with Crippen LogP contribution in [-0.4, -0.2) is 44.0 Å². The van der Waals surface area contributed by atoms with Crippen molar-refractivity contribution in [2.45, 2.75) is 81.1 Å². The minimum absolute atomic E-state index is 0.0505. The van der Waals surface area contributed by atoms with Gasteiger partial charge in [0.15, 0.2) is 0 Å². The van der Waals surface area contributed by atoms with Gasteiger partial charge in [-0.05, 0) is 69.3 Å². The fourth-order valence-electron chi connectivity index (χ4n) is 5.46. The summed E-state index contributed by atoms with van der Waals surface area (Å²) in [5.74, 6) is 1.71. The highest BCUT2D eigenvalue weighted by Gasteiger charge is 2.42. The molecule has 3 fully saturated rings. The number of hydrogen-bond donors (Lipinski definition) is 1. The Bertz CT molecular complexity index is 818. The third kappa shape index (κ3) is 4.32. The van der Waals surface area contributed by atoms with Crippen molar-refractivity contribution in [1.82, 2.24) is 9.71 Å². The number of ether oxygens (including phenoxy) is 2. The molecule has 1 N–H and O–H groups in total. The van der Waals surface area contributed by atoms with Crippen LogP contribution in [0.5, 0.6) is 5.88 Å². The van der Waals surface area contributed by atoms with Crippen molar-refractivity contribution in [3.05, 3.63) is 23.9 Å². The SMILES string of the molecule is O=S(=O)(N[C@H]1CCCC2COc3ncccc3C3CCC(CC3)OC[C@H]21)C1CC1. The summed E-state index contributed by atoms with van der Waals surface area (Å²) in [5, 5.41) is -0.183. The van der Waals surface area contributed by atoms with Crippen molar-refractivity contribution in [3.8, 4) is 5.88 Å². The first kappa shape index (κ1) is 19.8. The molecule has 5 aliphatic rings. The highest BCUT2D eigenvalue weighted by Crippen LogP contribution is 2.40. The predicted octanol–water partition coefficient (Wildman–Crippen LogP) is 3.38. The number of rotatable bonds is 3. The zero-order valence-electron chi connectivity index (χ0n) is 17.0. The van der Waals surface area contributed by atoms with E-state index in [1.165, 1.54) is 5.56 Å². The van der Waals surface area contributed by atoms with Crippen molar-refractivity contribution in [1.29, 1.82) is 0 Å². The van der Waals surface area contributed by atoms with Gasteiger partial charge in [-0.3, -0.25) is 0 Å². The largest absolute Gasteiger partial charge is 0.477 e. The van der Waals surface area contributed by atoms with Crippen LogP contribution in [0, 0.1) is 11.8 Å². The van der Waals surface area contributed by atoms with E-state index in [1.807, 2.05) is 12.3 Å². The summed E-state index contributed by atoms with van der Waals surface area (Å²) in [6.45, 7) is 1.20. The van der Waals surface area contributed by atoms with Crippen molar-refractivity contribution in [2.75, 3.05) is 13.2 Å². The van der Waals surface area contributed by atoms with Crippen LogP contribution in [0.25, 0.3) is 0 Å². The lowest BCUT2D eigenvalue weighted by molar-refractivity contribution is -0.0302. The second kappa shape index (κ2) is 8.16. The molecule has 3 saturated carbocycles. The van der Waals surface area contributed by atoms with Crippen molar-refractivity contribution in [3.63, 3.8) is 0 Å². The maximum absolute atomic E-state index is 12.6. The summed E-state index contributed by atoms with van der Waals surface area (Å²) in [5.41, 5.74) is 1.23. The first-order chi connectivity index (χ1) is 14.1. The van der Waals surface area contributed by atoms with Gasteiger partial charge in [0.2, 0.25) is 15.9 Å². The standard InChI is InChI=1S/C22H32N2O4S/c25-29(26,18-10-11-18)24-21-5-1-3-16-13-28-22-19(4-2-12-23-22)15-6-8-17(9-7-15)27-14-20(16)21/h2,4,12,15-18,20-21,24H,1,3,5-11,13-14H2/t15?,16?,17?,20-,21+/m1/s1. The lowest BCUT2D eigenvalue weighted by Crippen LogP contribution is -2.49. The van der Waals surface area contributed by atoms with Crippen molar-refractivity contribution >= 4 is 10.0 Å². The fraction of sp³-hybridized carbons (Fsp3) is 0.773. The van der Waals surface area contributed by atoms with Crippen LogP contribution in [0.1, 0.15) is 69.3 Å².